The van der Waals surface area contributed by atoms with Crippen molar-refractivity contribution in [1.29, 1.82) is 0 Å². The number of amides is 1. The summed E-state index contributed by atoms with van der Waals surface area (Å²) in [5, 5.41) is 4.07. The van der Waals surface area contributed by atoms with Crippen LogP contribution in [0.1, 0.15) is 12.1 Å². The van der Waals surface area contributed by atoms with Gasteiger partial charge in [0.2, 0.25) is 5.91 Å². The number of fused-ring (bicyclic) bond motifs is 1. The summed E-state index contributed by atoms with van der Waals surface area (Å²) in [6, 6.07) is 7.29. The molecule has 2 aromatic heterocycles. The quantitative estimate of drug-likeness (QED) is 0.423. The number of carbonyl (C=O) groups is 1. The predicted molar refractivity (Wildman–Crippen MR) is 118 cm³/mol. The van der Waals surface area contributed by atoms with Crippen molar-refractivity contribution in [3.8, 4) is 23.3 Å². The Morgan fingerprint density at radius 3 is 2.88 bits per heavy atom. The lowest BCUT2D eigenvalue weighted by Gasteiger charge is -2.15. The molecule has 4 rings (SSSR count). The summed E-state index contributed by atoms with van der Waals surface area (Å²) in [5.74, 6) is 5.63. The number of alkyl halides is 3. The van der Waals surface area contributed by atoms with Crippen LogP contribution >= 0.6 is 0 Å². The summed E-state index contributed by atoms with van der Waals surface area (Å²) in [6.07, 6.45) is -1.33. The molecule has 1 aromatic carbocycles. The van der Waals surface area contributed by atoms with Crippen LogP contribution in [0.3, 0.4) is 0 Å². The predicted octanol–water partition coefficient (Wildman–Crippen LogP) is 3.49. The minimum Gasteiger partial charge on any atom is -0.477 e. The molecule has 0 saturated carbocycles. The number of aromatic amines is 1. The van der Waals surface area contributed by atoms with Gasteiger partial charge >= 0.3 is 6.36 Å². The highest BCUT2D eigenvalue weighted by molar-refractivity contribution is 5.89. The SMILES string of the molecule is C=CC(=O)N1CCC(Nc2ncnc3[nH]c(C#CCOc4ccccc4OC(F)(F)F)cc23)C1. The second-order valence-corrected chi connectivity index (χ2v) is 7.37. The van der Waals surface area contributed by atoms with E-state index in [1.165, 1.54) is 30.6 Å². The Labute approximate surface area is 192 Å². The third-order valence-electron chi connectivity index (χ3n) is 5.04. The topological polar surface area (TPSA) is 92.4 Å². The zero-order valence-corrected chi connectivity index (χ0v) is 17.9. The van der Waals surface area contributed by atoms with Gasteiger partial charge < -0.3 is 24.7 Å². The van der Waals surface area contributed by atoms with Crippen molar-refractivity contribution in [3.05, 3.63) is 55.0 Å². The highest BCUT2D eigenvalue weighted by Gasteiger charge is 2.32. The van der Waals surface area contributed by atoms with Crippen molar-refractivity contribution in [2.24, 2.45) is 0 Å². The molecule has 11 heteroatoms. The smallest absolute Gasteiger partial charge is 0.477 e. The standard InChI is InChI=1S/C23H20F3N5O3/c1-2-20(32)31-10-9-16(13-31)30-22-17-12-15(29-21(17)27-14-28-22)6-5-11-33-18-7-3-4-8-19(18)34-23(24,25)26/h2-4,7-8,12,14,16H,1,9-11,13H2,(H2,27,28,29,30). The van der Waals surface area contributed by atoms with Crippen LogP contribution in [0.2, 0.25) is 0 Å². The Hall–Kier alpha value is -4.20. The lowest BCUT2D eigenvalue weighted by Crippen LogP contribution is -2.30. The van der Waals surface area contributed by atoms with Gasteiger partial charge in [-0.2, -0.15) is 0 Å². The van der Waals surface area contributed by atoms with Crippen LogP contribution in [0.15, 0.2) is 49.3 Å². The molecule has 0 bridgehead atoms. The molecule has 1 atom stereocenters. The maximum Gasteiger partial charge on any atom is 0.573 e. The van der Waals surface area contributed by atoms with E-state index in [1.807, 2.05) is 0 Å². The van der Waals surface area contributed by atoms with E-state index in [1.54, 1.807) is 11.0 Å². The van der Waals surface area contributed by atoms with E-state index in [9.17, 15) is 18.0 Å². The molecule has 1 amide bonds. The van der Waals surface area contributed by atoms with Crippen LogP contribution in [0.5, 0.6) is 11.5 Å². The number of rotatable bonds is 6. The van der Waals surface area contributed by atoms with Gasteiger partial charge in [0.1, 0.15) is 24.4 Å². The number of nitrogens with one attached hydrogen (secondary N) is 2. The molecule has 0 aliphatic carbocycles. The van der Waals surface area contributed by atoms with E-state index in [4.69, 9.17) is 4.74 Å². The normalized spacial score (nSPS) is 15.5. The van der Waals surface area contributed by atoms with Crippen molar-refractivity contribution in [2.75, 3.05) is 25.0 Å². The lowest BCUT2D eigenvalue weighted by atomic mass is 10.2. The molecule has 1 fully saturated rings. The summed E-state index contributed by atoms with van der Waals surface area (Å²) in [7, 11) is 0. The Kier molecular flexibility index (Phi) is 6.58. The fourth-order valence-electron chi connectivity index (χ4n) is 3.55. The molecule has 1 aliphatic heterocycles. The first kappa shape index (κ1) is 23.0. The molecule has 1 unspecified atom stereocenters. The Bertz CT molecular complexity index is 1260. The highest BCUT2D eigenvalue weighted by Crippen LogP contribution is 2.31. The van der Waals surface area contributed by atoms with Crippen molar-refractivity contribution < 1.29 is 27.4 Å². The third kappa shape index (κ3) is 5.58. The number of carbonyl (C=O) groups excluding carboxylic acids is 1. The number of halogens is 3. The number of para-hydroxylation sites is 2. The van der Waals surface area contributed by atoms with Gasteiger partial charge in [0.15, 0.2) is 11.5 Å². The van der Waals surface area contributed by atoms with Gasteiger partial charge in [0.25, 0.3) is 0 Å². The number of anilines is 1. The molecule has 3 aromatic rings. The Balaban J connectivity index is 1.42. The molecule has 1 aliphatic rings. The highest BCUT2D eigenvalue weighted by atomic mass is 19.4. The zero-order valence-electron chi connectivity index (χ0n) is 17.9. The number of ether oxygens (including phenoxy) is 2. The first-order valence-corrected chi connectivity index (χ1v) is 10.3. The average molecular weight is 471 g/mol. The first-order chi connectivity index (χ1) is 16.3. The third-order valence-corrected chi connectivity index (χ3v) is 5.04. The number of benzene rings is 1. The maximum absolute atomic E-state index is 12.5. The first-order valence-electron chi connectivity index (χ1n) is 10.3. The Morgan fingerprint density at radius 2 is 2.12 bits per heavy atom. The number of aromatic nitrogens is 3. The summed E-state index contributed by atoms with van der Waals surface area (Å²) >= 11 is 0. The molecule has 0 spiro atoms. The van der Waals surface area contributed by atoms with Gasteiger partial charge in [0.05, 0.1) is 11.1 Å². The summed E-state index contributed by atoms with van der Waals surface area (Å²) in [5.41, 5.74) is 1.11. The van der Waals surface area contributed by atoms with Gasteiger partial charge in [0, 0.05) is 19.1 Å². The number of hydrogen-bond donors (Lipinski definition) is 2. The monoisotopic (exact) mass is 471 g/mol. The number of nitrogens with zero attached hydrogens (tertiary/aromatic N) is 3. The molecule has 2 N–H and O–H groups in total. The molecule has 8 nitrogen and oxygen atoms in total. The molecular formula is C23H20F3N5O3. The summed E-state index contributed by atoms with van der Waals surface area (Å²) in [6.45, 7) is 4.54. The largest absolute Gasteiger partial charge is 0.573 e. The fourth-order valence-corrected chi connectivity index (χ4v) is 3.55. The maximum atomic E-state index is 12.5. The molecule has 3 heterocycles. The van der Waals surface area contributed by atoms with Crippen LogP contribution < -0.4 is 14.8 Å². The van der Waals surface area contributed by atoms with E-state index in [2.05, 4.69) is 43.4 Å². The van der Waals surface area contributed by atoms with Crippen molar-refractivity contribution >= 4 is 22.8 Å². The zero-order chi connectivity index (χ0) is 24.1. The fraction of sp³-hybridized carbons (Fsp3) is 0.261. The van der Waals surface area contributed by atoms with Crippen molar-refractivity contribution in [1.82, 2.24) is 19.9 Å². The van der Waals surface area contributed by atoms with Crippen LogP contribution in [0.25, 0.3) is 11.0 Å². The minimum atomic E-state index is -4.82. The van der Waals surface area contributed by atoms with Gasteiger partial charge in [-0.3, -0.25) is 4.79 Å². The van der Waals surface area contributed by atoms with Crippen LogP contribution in [-0.2, 0) is 4.79 Å². The van der Waals surface area contributed by atoms with Crippen molar-refractivity contribution in [2.45, 2.75) is 18.8 Å². The lowest BCUT2D eigenvalue weighted by molar-refractivity contribution is -0.275. The second kappa shape index (κ2) is 9.74. The van der Waals surface area contributed by atoms with Crippen molar-refractivity contribution in [3.63, 3.8) is 0 Å². The van der Waals surface area contributed by atoms with Crippen LogP contribution in [0.4, 0.5) is 19.0 Å². The number of hydrogen-bond acceptors (Lipinski definition) is 6. The van der Waals surface area contributed by atoms with Gasteiger partial charge in [-0.1, -0.05) is 24.6 Å². The van der Waals surface area contributed by atoms with Gasteiger partial charge in [-0.25, -0.2) is 9.97 Å². The average Bonchev–Trinajstić information content (AvgIpc) is 3.43. The van der Waals surface area contributed by atoms with E-state index >= 15 is 0 Å². The van der Waals surface area contributed by atoms with E-state index in [0.29, 0.717) is 30.2 Å². The van der Waals surface area contributed by atoms with Crippen LogP contribution in [-0.4, -0.2) is 57.9 Å². The molecule has 1 saturated heterocycles. The molecule has 34 heavy (non-hydrogen) atoms. The number of likely N-dealkylation sites (tertiary alicyclic amines) is 1. The van der Waals surface area contributed by atoms with Crippen LogP contribution in [0, 0.1) is 11.8 Å². The van der Waals surface area contributed by atoms with E-state index in [0.717, 1.165) is 17.9 Å². The second-order valence-electron chi connectivity index (χ2n) is 7.37. The molecule has 176 valence electrons. The minimum absolute atomic E-state index is 0.0406. The van der Waals surface area contributed by atoms with Gasteiger partial charge in [-0.05, 0) is 36.6 Å². The van der Waals surface area contributed by atoms with E-state index < -0.39 is 12.1 Å². The van der Waals surface area contributed by atoms with Gasteiger partial charge in [-0.15, -0.1) is 13.2 Å². The summed E-state index contributed by atoms with van der Waals surface area (Å²) in [4.78, 5) is 25.1. The molecular weight excluding hydrogens is 451 g/mol. The Morgan fingerprint density at radius 1 is 1.32 bits per heavy atom. The number of H-pyrrole nitrogens is 1. The van der Waals surface area contributed by atoms with E-state index in [-0.39, 0.29) is 24.3 Å². The summed E-state index contributed by atoms with van der Waals surface area (Å²) < 4.78 is 46.8. The molecule has 0 radical (unpaired) electrons.